The zero-order valence-electron chi connectivity index (χ0n) is 7.01. The van der Waals surface area contributed by atoms with Gasteiger partial charge in [-0.05, 0) is 0 Å². The van der Waals surface area contributed by atoms with Crippen molar-refractivity contribution >= 4 is 28.7 Å². The standard InChI is InChI=1S/C6H7FN4O2S/c7-1-2-13-10-4(3-12)5-9-6(8)14-11-5/h3H,1-2H2,(H2,8,9,11). The lowest BCUT2D eigenvalue weighted by atomic mass is 10.4. The number of hydrogen-bond donors (Lipinski definition) is 1. The number of nitrogen functional groups attached to an aromatic ring is 1. The van der Waals surface area contributed by atoms with Crippen molar-refractivity contribution in [1.29, 1.82) is 0 Å². The summed E-state index contributed by atoms with van der Waals surface area (Å²) in [6.45, 7) is -0.890. The molecule has 1 heterocycles. The number of carbonyl (C=O) groups excluding carboxylic acids is 1. The fourth-order valence-corrected chi connectivity index (χ4v) is 1.05. The maximum absolute atomic E-state index is 11.6. The number of rotatable bonds is 5. The Hall–Kier alpha value is -1.57. The molecular weight excluding hydrogens is 211 g/mol. The van der Waals surface area contributed by atoms with Gasteiger partial charge in [0.05, 0.1) is 0 Å². The first kappa shape index (κ1) is 10.5. The average molecular weight is 218 g/mol. The zero-order chi connectivity index (χ0) is 10.4. The minimum absolute atomic E-state index is 0.0846. The van der Waals surface area contributed by atoms with Crippen LogP contribution < -0.4 is 5.73 Å². The second-order valence-corrected chi connectivity index (χ2v) is 2.86. The first-order valence-corrected chi connectivity index (χ1v) is 4.36. The first-order chi connectivity index (χ1) is 6.77. The molecule has 0 radical (unpaired) electrons. The number of oxime groups is 1. The van der Waals surface area contributed by atoms with E-state index in [-0.39, 0.29) is 23.3 Å². The van der Waals surface area contributed by atoms with Crippen LogP contribution in [0.2, 0.25) is 0 Å². The minimum atomic E-state index is -0.678. The Bertz CT molecular complexity index is 340. The number of halogens is 1. The van der Waals surface area contributed by atoms with Crippen LogP contribution in [-0.2, 0) is 9.63 Å². The van der Waals surface area contributed by atoms with Crippen LogP contribution in [0.15, 0.2) is 5.16 Å². The van der Waals surface area contributed by atoms with Gasteiger partial charge in [0, 0.05) is 11.5 Å². The van der Waals surface area contributed by atoms with Gasteiger partial charge in [0.25, 0.3) is 0 Å². The summed E-state index contributed by atoms with van der Waals surface area (Å²) in [4.78, 5) is 18.7. The molecule has 2 N–H and O–H groups in total. The second kappa shape index (κ2) is 5.22. The Balaban J connectivity index is 2.71. The van der Waals surface area contributed by atoms with E-state index in [9.17, 15) is 9.18 Å². The van der Waals surface area contributed by atoms with Gasteiger partial charge in [0.1, 0.15) is 13.3 Å². The third-order valence-electron chi connectivity index (χ3n) is 1.11. The summed E-state index contributed by atoms with van der Waals surface area (Å²) in [7, 11) is 0. The van der Waals surface area contributed by atoms with Crippen molar-refractivity contribution in [3.63, 3.8) is 0 Å². The van der Waals surface area contributed by atoms with Crippen molar-refractivity contribution in [2.45, 2.75) is 0 Å². The van der Waals surface area contributed by atoms with Gasteiger partial charge in [-0.3, -0.25) is 4.79 Å². The third kappa shape index (κ3) is 2.73. The van der Waals surface area contributed by atoms with E-state index in [2.05, 4.69) is 19.4 Å². The predicted molar refractivity (Wildman–Crippen MR) is 48.8 cm³/mol. The van der Waals surface area contributed by atoms with E-state index in [1.54, 1.807) is 0 Å². The van der Waals surface area contributed by atoms with Crippen molar-refractivity contribution in [2.75, 3.05) is 19.0 Å². The fourth-order valence-electron chi connectivity index (χ4n) is 0.604. The predicted octanol–water partition coefficient (Wildman–Crippen LogP) is 0.00940. The largest absolute Gasteiger partial charge is 0.392 e. The van der Waals surface area contributed by atoms with E-state index in [1.807, 2.05) is 0 Å². The van der Waals surface area contributed by atoms with Gasteiger partial charge >= 0.3 is 0 Å². The molecule has 76 valence electrons. The Labute approximate surface area is 82.7 Å². The van der Waals surface area contributed by atoms with E-state index in [1.165, 1.54) is 0 Å². The number of nitrogens with zero attached hydrogens (tertiary/aromatic N) is 3. The Morgan fingerprint density at radius 3 is 3.07 bits per heavy atom. The summed E-state index contributed by atoms with van der Waals surface area (Å²) in [6, 6.07) is 0. The molecular formula is C6H7FN4O2S. The van der Waals surface area contributed by atoms with Crippen molar-refractivity contribution in [3.8, 4) is 0 Å². The monoisotopic (exact) mass is 218 g/mol. The molecule has 1 aromatic rings. The number of aldehydes is 1. The molecule has 0 aliphatic carbocycles. The summed E-state index contributed by atoms with van der Waals surface area (Å²) in [6.07, 6.45) is 0.416. The Morgan fingerprint density at radius 2 is 2.57 bits per heavy atom. The summed E-state index contributed by atoms with van der Waals surface area (Å²) < 4.78 is 15.4. The molecule has 0 bridgehead atoms. The van der Waals surface area contributed by atoms with Gasteiger partial charge in [-0.1, -0.05) is 5.16 Å². The highest BCUT2D eigenvalue weighted by molar-refractivity contribution is 7.09. The zero-order valence-corrected chi connectivity index (χ0v) is 7.83. The van der Waals surface area contributed by atoms with Crippen molar-refractivity contribution in [1.82, 2.24) is 9.36 Å². The smallest absolute Gasteiger partial charge is 0.200 e. The molecule has 0 unspecified atom stereocenters. The SMILES string of the molecule is Nc1nc(C(C=O)=NOCCF)ns1. The molecule has 0 fully saturated rings. The van der Waals surface area contributed by atoms with Gasteiger partial charge in [-0.25, -0.2) is 4.39 Å². The van der Waals surface area contributed by atoms with Crippen LogP contribution in [0.4, 0.5) is 9.52 Å². The van der Waals surface area contributed by atoms with Crippen LogP contribution in [0.3, 0.4) is 0 Å². The number of anilines is 1. The van der Waals surface area contributed by atoms with Crippen molar-refractivity contribution in [2.24, 2.45) is 5.16 Å². The molecule has 0 saturated carbocycles. The Kier molecular flexibility index (Phi) is 3.92. The molecule has 0 atom stereocenters. The lowest BCUT2D eigenvalue weighted by Crippen LogP contribution is -2.06. The van der Waals surface area contributed by atoms with Gasteiger partial charge in [-0.2, -0.15) is 9.36 Å². The van der Waals surface area contributed by atoms with E-state index >= 15 is 0 Å². The van der Waals surface area contributed by atoms with Gasteiger partial charge in [0.15, 0.2) is 23.0 Å². The highest BCUT2D eigenvalue weighted by Crippen LogP contribution is 2.05. The number of aromatic nitrogens is 2. The van der Waals surface area contributed by atoms with Crippen LogP contribution in [0.25, 0.3) is 0 Å². The lowest BCUT2D eigenvalue weighted by molar-refractivity contribution is -0.102. The molecule has 1 rings (SSSR count). The quantitative estimate of drug-likeness (QED) is 0.325. The lowest BCUT2D eigenvalue weighted by Gasteiger charge is -1.94. The number of alkyl halides is 1. The summed E-state index contributed by atoms with van der Waals surface area (Å²) in [5.41, 5.74) is 5.19. The molecule has 14 heavy (non-hydrogen) atoms. The molecule has 0 saturated heterocycles. The summed E-state index contributed by atoms with van der Waals surface area (Å²) in [5, 5.41) is 3.57. The van der Waals surface area contributed by atoms with Crippen molar-refractivity contribution in [3.05, 3.63) is 5.82 Å². The average Bonchev–Trinajstić information content (AvgIpc) is 2.60. The highest BCUT2D eigenvalue weighted by Gasteiger charge is 2.09. The van der Waals surface area contributed by atoms with Gasteiger partial charge < -0.3 is 10.6 Å². The molecule has 0 spiro atoms. The van der Waals surface area contributed by atoms with Gasteiger partial charge in [-0.15, -0.1) is 0 Å². The fraction of sp³-hybridized carbons (Fsp3) is 0.333. The number of hydrogen-bond acceptors (Lipinski definition) is 7. The van der Waals surface area contributed by atoms with E-state index in [0.717, 1.165) is 11.5 Å². The summed E-state index contributed by atoms with van der Waals surface area (Å²) >= 11 is 0.935. The van der Waals surface area contributed by atoms with Crippen LogP contribution in [0, 0.1) is 0 Å². The van der Waals surface area contributed by atoms with E-state index < -0.39 is 6.67 Å². The van der Waals surface area contributed by atoms with Crippen LogP contribution >= 0.6 is 11.5 Å². The molecule has 0 aliphatic rings. The van der Waals surface area contributed by atoms with E-state index in [0.29, 0.717) is 6.29 Å². The minimum Gasteiger partial charge on any atom is -0.392 e. The Morgan fingerprint density at radius 1 is 1.79 bits per heavy atom. The van der Waals surface area contributed by atoms with Gasteiger partial charge in [0.2, 0.25) is 0 Å². The maximum Gasteiger partial charge on any atom is 0.200 e. The molecule has 0 aromatic carbocycles. The third-order valence-corrected chi connectivity index (χ3v) is 1.66. The second-order valence-electron chi connectivity index (χ2n) is 2.07. The molecule has 6 nitrogen and oxygen atoms in total. The summed E-state index contributed by atoms with van der Waals surface area (Å²) in [5.74, 6) is 0.0846. The van der Waals surface area contributed by atoms with Crippen LogP contribution in [-0.4, -0.2) is 34.6 Å². The number of nitrogens with two attached hydrogens (primary N) is 1. The molecule has 0 aliphatic heterocycles. The number of carbonyl (C=O) groups is 1. The van der Waals surface area contributed by atoms with Crippen LogP contribution in [0.5, 0.6) is 0 Å². The topological polar surface area (TPSA) is 90.5 Å². The van der Waals surface area contributed by atoms with E-state index in [4.69, 9.17) is 5.73 Å². The first-order valence-electron chi connectivity index (χ1n) is 3.58. The van der Waals surface area contributed by atoms with Crippen LogP contribution in [0.1, 0.15) is 5.82 Å². The highest BCUT2D eigenvalue weighted by atomic mass is 32.1. The molecule has 8 heteroatoms. The molecule has 0 amide bonds. The van der Waals surface area contributed by atoms with Crippen molar-refractivity contribution < 1.29 is 14.0 Å². The normalized spacial score (nSPS) is 11.4. The maximum atomic E-state index is 11.6. The molecule has 1 aromatic heterocycles.